The van der Waals surface area contributed by atoms with E-state index in [0.717, 1.165) is 60.8 Å². The number of fused-ring (bicyclic) bond motifs is 1. The van der Waals surface area contributed by atoms with Crippen molar-refractivity contribution in [3.05, 3.63) is 94.6 Å². The zero-order valence-corrected chi connectivity index (χ0v) is 21.7. The number of aryl methyl sites for hydroxylation is 1. The van der Waals surface area contributed by atoms with Crippen LogP contribution in [0.2, 0.25) is 5.02 Å². The summed E-state index contributed by atoms with van der Waals surface area (Å²) in [6.45, 7) is 5.37. The Labute approximate surface area is 218 Å². The normalized spacial score (nSPS) is 14.8. The van der Waals surface area contributed by atoms with Gasteiger partial charge >= 0.3 is 6.03 Å². The van der Waals surface area contributed by atoms with Crippen LogP contribution in [-0.2, 0) is 6.42 Å². The Balaban J connectivity index is 1.16. The summed E-state index contributed by atoms with van der Waals surface area (Å²) < 4.78 is 0. The molecule has 2 heterocycles. The molecule has 1 aliphatic rings. The first-order valence-electron chi connectivity index (χ1n) is 12.7. The standard InChI is InChI=1S/C30H33ClN4O/c1-21-8-10-25(33-30(36)34(2)26-6-4-3-5-7-26)18-23(21)14-17-35-15-12-22(13-16-35)28-20-32-29-19-24(31)9-11-27(28)29/h3-11,18-20,22,32H,12-17H2,1-2H3,(H,33,36). The first-order chi connectivity index (χ1) is 17.5. The quantitative estimate of drug-likeness (QED) is 0.293. The van der Waals surface area contributed by atoms with Crippen molar-refractivity contribution in [2.24, 2.45) is 0 Å². The molecule has 1 aromatic heterocycles. The van der Waals surface area contributed by atoms with E-state index in [2.05, 4.69) is 46.5 Å². The van der Waals surface area contributed by atoms with Gasteiger partial charge in [-0.2, -0.15) is 0 Å². The molecule has 6 heteroatoms. The van der Waals surface area contributed by atoms with Gasteiger partial charge in [-0.3, -0.25) is 4.90 Å². The zero-order chi connectivity index (χ0) is 25.1. The van der Waals surface area contributed by atoms with E-state index in [0.29, 0.717) is 5.92 Å². The Morgan fingerprint density at radius 3 is 2.64 bits per heavy atom. The zero-order valence-electron chi connectivity index (χ0n) is 20.9. The van der Waals surface area contributed by atoms with Gasteiger partial charge in [0.15, 0.2) is 0 Å². The fraction of sp³-hybridized carbons (Fsp3) is 0.300. The number of carbonyl (C=O) groups excluding carboxylic acids is 1. The average Bonchev–Trinajstić information content (AvgIpc) is 3.32. The van der Waals surface area contributed by atoms with Crippen LogP contribution in [-0.4, -0.2) is 42.6 Å². The summed E-state index contributed by atoms with van der Waals surface area (Å²) in [4.78, 5) is 20.3. The van der Waals surface area contributed by atoms with Gasteiger partial charge in [-0.1, -0.05) is 41.9 Å². The number of hydrogen-bond acceptors (Lipinski definition) is 2. The van der Waals surface area contributed by atoms with E-state index in [1.54, 1.807) is 11.9 Å². The largest absolute Gasteiger partial charge is 0.361 e. The summed E-state index contributed by atoms with van der Waals surface area (Å²) in [6.07, 6.45) is 5.47. The summed E-state index contributed by atoms with van der Waals surface area (Å²) in [7, 11) is 1.79. The summed E-state index contributed by atoms with van der Waals surface area (Å²) >= 11 is 6.15. The molecule has 0 atom stereocenters. The van der Waals surface area contributed by atoms with Crippen LogP contribution < -0.4 is 10.2 Å². The van der Waals surface area contributed by atoms with Gasteiger partial charge in [0.1, 0.15) is 0 Å². The second-order valence-corrected chi connectivity index (χ2v) is 10.2. The number of aromatic amines is 1. The molecule has 5 nitrogen and oxygen atoms in total. The number of carbonyl (C=O) groups is 1. The van der Waals surface area contributed by atoms with Crippen molar-refractivity contribution in [2.75, 3.05) is 36.9 Å². The molecule has 0 saturated carbocycles. The number of para-hydroxylation sites is 1. The maximum absolute atomic E-state index is 12.7. The molecule has 0 unspecified atom stereocenters. The average molecular weight is 501 g/mol. The highest BCUT2D eigenvalue weighted by molar-refractivity contribution is 6.31. The van der Waals surface area contributed by atoms with Crippen molar-refractivity contribution in [3.63, 3.8) is 0 Å². The van der Waals surface area contributed by atoms with Gasteiger partial charge in [-0.25, -0.2) is 4.79 Å². The molecule has 2 N–H and O–H groups in total. The van der Waals surface area contributed by atoms with Gasteiger partial charge < -0.3 is 15.2 Å². The number of anilines is 2. The van der Waals surface area contributed by atoms with Gasteiger partial charge in [0.25, 0.3) is 0 Å². The Morgan fingerprint density at radius 1 is 1.08 bits per heavy atom. The lowest BCUT2D eigenvalue weighted by atomic mass is 9.89. The van der Waals surface area contributed by atoms with Crippen molar-refractivity contribution in [2.45, 2.75) is 32.1 Å². The molecule has 0 radical (unpaired) electrons. The summed E-state index contributed by atoms with van der Waals surface area (Å²) in [5.74, 6) is 0.582. The number of aromatic nitrogens is 1. The highest BCUT2D eigenvalue weighted by Gasteiger charge is 2.23. The van der Waals surface area contributed by atoms with E-state index in [1.807, 2.05) is 48.5 Å². The van der Waals surface area contributed by atoms with E-state index in [9.17, 15) is 4.79 Å². The third kappa shape index (κ3) is 5.43. The van der Waals surface area contributed by atoms with E-state index in [4.69, 9.17) is 11.6 Å². The van der Waals surface area contributed by atoms with Crippen LogP contribution >= 0.6 is 11.6 Å². The minimum absolute atomic E-state index is 0.141. The van der Waals surface area contributed by atoms with Crippen LogP contribution in [0.3, 0.4) is 0 Å². The smallest absolute Gasteiger partial charge is 0.326 e. The van der Waals surface area contributed by atoms with Crippen LogP contribution in [0, 0.1) is 6.92 Å². The number of likely N-dealkylation sites (tertiary alicyclic amines) is 1. The Bertz CT molecular complexity index is 1340. The Kier molecular flexibility index (Phi) is 7.30. The van der Waals surface area contributed by atoms with Crippen LogP contribution in [0.25, 0.3) is 10.9 Å². The lowest BCUT2D eigenvalue weighted by molar-refractivity contribution is 0.215. The third-order valence-electron chi connectivity index (χ3n) is 7.45. The topological polar surface area (TPSA) is 51.4 Å². The second-order valence-electron chi connectivity index (χ2n) is 9.77. The lowest BCUT2D eigenvalue weighted by Gasteiger charge is -2.32. The van der Waals surface area contributed by atoms with E-state index in [1.165, 1.54) is 22.1 Å². The number of halogens is 1. The molecule has 36 heavy (non-hydrogen) atoms. The van der Waals surface area contributed by atoms with Gasteiger partial charge in [0.2, 0.25) is 0 Å². The van der Waals surface area contributed by atoms with Crippen molar-refractivity contribution in [1.29, 1.82) is 0 Å². The Hall–Kier alpha value is -3.28. The predicted octanol–water partition coefficient (Wildman–Crippen LogP) is 7.22. The first kappa shape index (κ1) is 24.4. The summed E-state index contributed by atoms with van der Waals surface area (Å²) in [6, 6.07) is 21.9. The molecule has 1 fully saturated rings. The van der Waals surface area contributed by atoms with Gasteiger partial charge in [0.05, 0.1) is 0 Å². The fourth-order valence-corrected chi connectivity index (χ4v) is 5.37. The van der Waals surface area contributed by atoms with Crippen LogP contribution in [0.4, 0.5) is 16.2 Å². The molecule has 4 aromatic rings. The molecule has 0 bridgehead atoms. The van der Waals surface area contributed by atoms with Crippen LogP contribution in [0.15, 0.2) is 72.9 Å². The lowest BCUT2D eigenvalue weighted by Crippen LogP contribution is -2.34. The molecular formula is C30H33ClN4O. The maximum Gasteiger partial charge on any atom is 0.326 e. The minimum atomic E-state index is -0.141. The van der Waals surface area contributed by atoms with Crippen molar-refractivity contribution >= 4 is 39.9 Å². The van der Waals surface area contributed by atoms with Gasteiger partial charge in [0, 0.05) is 47.1 Å². The Morgan fingerprint density at radius 2 is 1.86 bits per heavy atom. The maximum atomic E-state index is 12.7. The summed E-state index contributed by atoms with van der Waals surface area (Å²) in [5, 5.41) is 5.12. The van der Waals surface area contributed by atoms with Crippen LogP contribution in [0.1, 0.15) is 35.4 Å². The van der Waals surface area contributed by atoms with Crippen molar-refractivity contribution < 1.29 is 4.79 Å². The molecular weight excluding hydrogens is 468 g/mol. The van der Waals surface area contributed by atoms with E-state index >= 15 is 0 Å². The van der Waals surface area contributed by atoms with Crippen molar-refractivity contribution in [3.8, 4) is 0 Å². The molecule has 186 valence electrons. The third-order valence-corrected chi connectivity index (χ3v) is 7.68. The first-order valence-corrected chi connectivity index (χ1v) is 13.0. The molecule has 0 aliphatic carbocycles. The number of H-pyrrole nitrogens is 1. The van der Waals surface area contributed by atoms with Gasteiger partial charge in [-0.05, 0) is 98.3 Å². The fourth-order valence-electron chi connectivity index (χ4n) is 5.20. The second kappa shape index (κ2) is 10.8. The monoisotopic (exact) mass is 500 g/mol. The van der Waals surface area contributed by atoms with Crippen LogP contribution in [0.5, 0.6) is 0 Å². The highest BCUT2D eigenvalue weighted by Crippen LogP contribution is 2.34. The SMILES string of the molecule is Cc1ccc(NC(=O)N(C)c2ccccc2)cc1CCN1CCC(c2c[nH]c3cc(Cl)ccc23)CC1. The number of amides is 2. The van der Waals surface area contributed by atoms with Gasteiger partial charge in [-0.15, -0.1) is 0 Å². The van der Waals surface area contributed by atoms with E-state index in [-0.39, 0.29) is 6.03 Å². The molecule has 0 spiro atoms. The number of benzene rings is 3. The molecule has 3 aromatic carbocycles. The molecule has 5 rings (SSSR count). The molecule has 1 saturated heterocycles. The number of rotatable bonds is 6. The number of nitrogens with one attached hydrogen (secondary N) is 2. The van der Waals surface area contributed by atoms with Crippen molar-refractivity contribution in [1.82, 2.24) is 9.88 Å². The predicted molar refractivity (Wildman–Crippen MR) is 150 cm³/mol. The number of piperidine rings is 1. The minimum Gasteiger partial charge on any atom is -0.361 e. The number of urea groups is 1. The summed E-state index contributed by atoms with van der Waals surface area (Å²) in [5.41, 5.74) is 6.78. The number of hydrogen-bond donors (Lipinski definition) is 2. The highest BCUT2D eigenvalue weighted by atomic mass is 35.5. The number of nitrogens with zero attached hydrogens (tertiary/aromatic N) is 2. The van der Waals surface area contributed by atoms with E-state index < -0.39 is 0 Å². The molecule has 2 amide bonds. The molecule has 1 aliphatic heterocycles.